The molecule has 0 aliphatic carbocycles. The molecule has 5 aromatic rings. The zero-order valence-electron chi connectivity index (χ0n) is 23.9. The minimum atomic E-state index is -0.253. The van der Waals surface area contributed by atoms with Gasteiger partial charge < -0.3 is 24.6 Å². The number of nitrogens with zero attached hydrogens (tertiary/aromatic N) is 1. The predicted molar refractivity (Wildman–Crippen MR) is 169 cm³/mol. The van der Waals surface area contributed by atoms with Gasteiger partial charge >= 0.3 is 0 Å². The first kappa shape index (κ1) is 29.6. The van der Waals surface area contributed by atoms with Crippen molar-refractivity contribution >= 4 is 5.91 Å². The molecule has 0 radical (unpaired) electrons. The number of hydrogen-bond acceptors (Lipinski definition) is 5. The number of ether oxygens (including phenoxy) is 2. The number of hydrogen-bond donors (Lipinski definition) is 2. The number of carbonyl (C=O) groups excluding carboxylic acids is 1. The quantitative estimate of drug-likeness (QED) is 0.166. The minimum Gasteiger partial charge on any atom is -0.489 e. The van der Waals surface area contributed by atoms with Crippen molar-refractivity contribution in [3.63, 3.8) is 0 Å². The number of amides is 1. The maximum Gasteiger partial charge on any atom is 0.254 e. The minimum absolute atomic E-state index is 0.139. The maximum absolute atomic E-state index is 13.5. The van der Waals surface area contributed by atoms with E-state index in [0.717, 1.165) is 44.9 Å². The zero-order chi connectivity index (χ0) is 29.9. The lowest BCUT2D eigenvalue weighted by atomic mass is 9.95. The molecule has 1 amide bonds. The van der Waals surface area contributed by atoms with Crippen LogP contribution in [0.3, 0.4) is 0 Å². The van der Waals surface area contributed by atoms with Crippen LogP contribution in [0.5, 0.6) is 11.5 Å². The molecule has 218 valence electrons. The molecule has 0 heterocycles. The summed E-state index contributed by atoms with van der Waals surface area (Å²) in [7, 11) is 0. The van der Waals surface area contributed by atoms with Crippen LogP contribution in [0.1, 0.15) is 21.5 Å². The Morgan fingerprint density at radius 1 is 0.535 bits per heavy atom. The summed E-state index contributed by atoms with van der Waals surface area (Å²) >= 11 is 0. The van der Waals surface area contributed by atoms with Crippen LogP contribution >= 0.6 is 0 Å². The van der Waals surface area contributed by atoms with Gasteiger partial charge in [-0.05, 0) is 75.8 Å². The Kier molecular flexibility index (Phi) is 10.2. The molecule has 0 aliphatic heterocycles. The molecule has 2 N–H and O–H groups in total. The molecular weight excluding hydrogens is 538 g/mol. The second-order valence-corrected chi connectivity index (χ2v) is 10.1. The van der Waals surface area contributed by atoms with E-state index >= 15 is 0 Å². The van der Waals surface area contributed by atoms with Crippen LogP contribution in [0.25, 0.3) is 22.3 Å². The molecule has 6 heteroatoms. The lowest BCUT2D eigenvalue weighted by Crippen LogP contribution is -2.35. The monoisotopic (exact) mass is 573 g/mol. The summed E-state index contributed by atoms with van der Waals surface area (Å²) in [4.78, 5) is 15.0. The number of benzene rings is 5. The van der Waals surface area contributed by atoms with Crippen molar-refractivity contribution in [2.45, 2.75) is 13.2 Å². The van der Waals surface area contributed by atoms with Gasteiger partial charge in [0.2, 0.25) is 0 Å². The average molecular weight is 574 g/mol. The standard InChI is InChI=1S/C37H35NO5/c39-21-19-38(20-22-40)37(41)34-24-32(30-11-15-35(16-12-30)42-26-28-7-3-1-4-8-28)23-33(25-34)31-13-17-36(18-14-31)43-27-29-9-5-2-6-10-29/h1-18,23-25,39-40H,19-22,26-27H2. The summed E-state index contributed by atoms with van der Waals surface area (Å²) < 4.78 is 11.9. The lowest BCUT2D eigenvalue weighted by molar-refractivity contribution is 0.0685. The lowest BCUT2D eigenvalue weighted by Gasteiger charge is -2.21. The second-order valence-electron chi connectivity index (χ2n) is 10.1. The van der Waals surface area contributed by atoms with Crippen molar-refractivity contribution in [1.82, 2.24) is 4.90 Å². The molecule has 5 rings (SSSR count). The molecule has 0 saturated heterocycles. The van der Waals surface area contributed by atoms with E-state index in [1.807, 2.05) is 121 Å². The fraction of sp³-hybridized carbons (Fsp3) is 0.162. The van der Waals surface area contributed by atoms with Crippen molar-refractivity contribution in [2.75, 3.05) is 26.3 Å². The van der Waals surface area contributed by atoms with Crippen LogP contribution in [-0.4, -0.2) is 47.3 Å². The highest BCUT2D eigenvalue weighted by Gasteiger charge is 2.17. The molecule has 0 aliphatic rings. The predicted octanol–water partition coefficient (Wildman–Crippen LogP) is 6.61. The van der Waals surface area contributed by atoms with Gasteiger partial charge in [0.25, 0.3) is 5.91 Å². The fourth-order valence-electron chi connectivity index (χ4n) is 4.79. The molecule has 0 atom stereocenters. The van der Waals surface area contributed by atoms with Gasteiger partial charge in [-0.25, -0.2) is 0 Å². The van der Waals surface area contributed by atoms with Gasteiger partial charge in [0.15, 0.2) is 0 Å². The Labute approximate surface area is 252 Å². The first-order valence-corrected chi connectivity index (χ1v) is 14.3. The molecule has 0 bridgehead atoms. The van der Waals surface area contributed by atoms with Gasteiger partial charge in [-0.3, -0.25) is 4.79 Å². The maximum atomic E-state index is 13.5. The first-order valence-electron chi connectivity index (χ1n) is 14.3. The third-order valence-corrected chi connectivity index (χ3v) is 7.08. The van der Waals surface area contributed by atoms with Crippen molar-refractivity contribution in [3.8, 4) is 33.8 Å². The molecule has 0 aromatic heterocycles. The van der Waals surface area contributed by atoms with Crippen LogP contribution < -0.4 is 9.47 Å². The number of aliphatic hydroxyl groups is 2. The van der Waals surface area contributed by atoms with Crippen molar-refractivity contribution in [2.24, 2.45) is 0 Å². The van der Waals surface area contributed by atoms with E-state index in [2.05, 4.69) is 6.07 Å². The van der Waals surface area contributed by atoms with Gasteiger partial charge in [-0.15, -0.1) is 0 Å². The van der Waals surface area contributed by atoms with E-state index in [-0.39, 0.29) is 32.2 Å². The van der Waals surface area contributed by atoms with Gasteiger partial charge in [0.05, 0.1) is 13.2 Å². The molecule has 6 nitrogen and oxygen atoms in total. The van der Waals surface area contributed by atoms with Crippen molar-refractivity contribution in [3.05, 3.63) is 144 Å². The summed E-state index contributed by atoms with van der Waals surface area (Å²) in [6.07, 6.45) is 0. The zero-order valence-corrected chi connectivity index (χ0v) is 23.9. The summed E-state index contributed by atoms with van der Waals surface area (Å²) in [6, 6.07) is 41.4. The van der Waals surface area contributed by atoms with Gasteiger partial charge in [-0.2, -0.15) is 0 Å². The fourth-order valence-corrected chi connectivity index (χ4v) is 4.79. The molecule has 0 unspecified atom stereocenters. The number of rotatable bonds is 13. The van der Waals surface area contributed by atoms with Gasteiger partial charge in [0, 0.05) is 18.7 Å². The topological polar surface area (TPSA) is 79.2 Å². The SMILES string of the molecule is O=C(c1cc(-c2ccc(OCc3ccccc3)cc2)cc(-c2ccc(OCc3ccccc3)cc2)c1)N(CCO)CCO. The van der Waals surface area contributed by atoms with Crippen LogP contribution in [0, 0.1) is 0 Å². The Bertz CT molecular complexity index is 1480. The summed E-state index contributed by atoms with van der Waals surface area (Å²) in [5.41, 5.74) is 6.26. The summed E-state index contributed by atoms with van der Waals surface area (Å²) in [6.45, 7) is 0.857. The van der Waals surface area contributed by atoms with Crippen LogP contribution in [0.2, 0.25) is 0 Å². The van der Waals surface area contributed by atoms with E-state index < -0.39 is 0 Å². The molecule has 5 aromatic carbocycles. The van der Waals surface area contributed by atoms with E-state index in [1.54, 1.807) is 0 Å². The van der Waals surface area contributed by atoms with Gasteiger partial charge in [0.1, 0.15) is 24.7 Å². The van der Waals surface area contributed by atoms with Crippen LogP contribution in [-0.2, 0) is 13.2 Å². The van der Waals surface area contributed by atoms with Crippen molar-refractivity contribution < 1.29 is 24.5 Å². The largest absolute Gasteiger partial charge is 0.489 e. The molecule has 0 fully saturated rings. The first-order chi connectivity index (χ1) is 21.1. The smallest absolute Gasteiger partial charge is 0.254 e. The van der Waals surface area contributed by atoms with E-state index in [4.69, 9.17) is 9.47 Å². The highest BCUT2D eigenvalue weighted by atomic mass is 16.5. The normalized spacial score (nSPS) is 10.7. The number of aliphatic hydroxyl groups excluding tert-OH is 2. The van der Waals surface area contributed by atoms with Crippen molar-refractivity contribution in [1.29, 1.82) is 0 Å². The average Bonchev–Trinajstić information content (AvgIpc) is 3.07. The van der Waals surface area contributed by atoms with E-state index in [9.17, 15) is 15.0 Å². The third-order valence-electron chi connectivity index (χ3n) is 7.08. The van der Waals surface area contributed by atoms with Crippen LogP contribution in [0.4, 0.5) is 0 Å². The highest BCUT2D eigenvalue weighted by Crippen LogP contribution is 2.31. The Morgan fingerprint density at radius 2 is 0.953 bits per heavy atom. The Balaban J connectivity index is 1.41. The summed E-state index contributed by atoms with van der Waals surface area (Å²) in [5, 5.41) is 19.0. The van der Waals surface area contributed by atoms with E-state index in [0.29, 0.717) is 18.8 Å². The molecule has 0 spiro atoms. The Morgan fingerprint density at radius 3 is 1.35 bits per heavy atom. The Hall–Kier alpha value is -4.91. The second kappa shape index (κ2) is 14.8. The molecule has 43 heavy (non-hydrogen) atoms. The highest BCUT2D eigenvalue weighted by molar-refractivity contribution is 5.97. The molecular formula is C37H35NO5. The van der Waals surface area contributed by atoms with E-state index in [1.165, 1.54) is 4.90 Å². The van der Waals surface area contributed by atoms with Crippen LogP contribution in [0.15, 0.2) is 127 Å². The third kappa shape index (κ3) is 8.10. The molecule has 0 saturated carbocycles. The summed E-state index contributed by atoms with van der Waals surface area (Å²) in [5.74, 6) is 1.25. The number of carbonyl (C=O) groups is 1. The van der Waals surface area contributed by atoms with Gasteiger partial charge in [-0.1, -0.05) is 84.9 Å².